The second-order valence-corrected chi connectivity index (χ2v) is 6.41. The Kier molecular flexibility index (Phi) is 3.60. The average Bonchev–Trinajstić information content (AvgIpc) is 2.67. The maximum absolute atomic E-state index is 13.9. The van der Waals surface area contributed by atoms with Crippen LogP contribution in [0.3, 0.4) is 0 Å². The number of rotatable bonds is 1. The van der Waals surface area contributed by atoms with Crippen LogP contribution >= 0.6 is 46.4 Å². The van der Waals surface area contributed by atoms with Crippen LogP contribution in [0.1, 0.15) is 5.56 Å². The molecule has 0 saturated heterocycles. The molecule has 0 radical (unpaired) electrons. The summed E-state index contributed by atoms with van der Waals surface area (Å²) in [6, 6.07) is 8.84. The Morgan fingerprint density at radius 3 is 2.80 bits per heavy atom. The Morgan fingerprint density at radius 2 is 2.10 bits per heavy atom. The number of fused-ring (bicyclic) bond motifs is 1. The molecule has 1 N–H and O–H groups in total. The van der Waals surface area contributed by atoms with Crippen molar-refractivity contribution < 1.29 is 4.39 Å². The van der Waals surface area contributed by atoms with Gasteiger partial charge in [-0.05, 0) is 59.4 Å². The Morgan fingerprint density at radius 1 is 1.35 bits per heavy atom. The van der Waals surface area contributed by atoms with E-state index in [0.717, 1.165) is 16.8 Å². The lowest BCUT2D eigenvalue weighted by atomic mass is 10.2. The number of nitrogens with one attached hydrogen (secondary N) is 1. The summed E-state index contributed by atoms with van der Waals surface area (Å²) < 4.78 is 16.7. The quantitative estimate of drug-likeness (QED) is 0.415. The highest BCUT2D eigenvalue weighted by molar-refractivity contribution is 14.1. The Balaban J connectivity index is 2.46. The molecular formula is C14H9ClFIN2S. The highest BCUT2D eigenvalue weighted by Crippen LogP contribution is 2.29. The largest absolute Gasteiger partial charge is 0.330 e. The smallest absolute Gasteiger partial charge is 0.182 e. The highest BCUT2D eigenvalue weighted by atomic mass is 127. The summed E-state index contributed by atoms with van der Waals surface area (Å²) in [6.07, 6.45) is 0. The van der Waals surface area contributed by atoms with Gasteiger partial charge >= 0.3 is 0 Å². The fourth-order valence-corrected chi connectivity index (χ4v) is 3.30. The fourth-order valence-electron chi connectivity index (χ4n) is 2.23. The lowest BCUT2D eigenvalue weighted by Gasteiger charge is -2.10. The number of imidazole rings is 1. The van der Waals surface area contributed by atoms with Crippen LogP contribution in [0.5, 0.6) is 0 Å². The van der Waals surface area contributed by atoms with Crippen LogP contribution in [0, 0.1) is 21.1 Å². The van der Waals surface area contributed by atoms with Crippen molar-refractivity contribution in [2.75, 3.05) is 0 Å². The van der Waals surface area contributed by atoms with Gasteiger partial charge < -0.3 is 4.98 Å². The van der Waals surface area contributed by atoms with Gasteiger partial charge in [0.05, 0.1) is 25.3 Å². The van der Waals surface area contributed by atoms with Crippen LogP contribution in [0.4, 0.5) is 4.39 Å². The molecule has 20 heavy (non-hydrogen) atoms. The molecule has 0 aliphatic heterocycles. The van der Waals surface area contributed by atoms with E-state index in [9.17, 15) is 4.39 Å². The fraction of sp³-hybridized carbons (Fsp3) is 0.0714. The van der Waals surface area contributed by atoms with Crippen molar-refractivity contribution in [2.45, 2.75) is 6.92 Å². The normalized spacial score (nSPS) is 11.2. The first-order valence-electron chi connectivity index (χ1n) is 5.84. The monoisotopic (exact) mass is 418 g/mol. The maximum Gasteiger partial charge on any atom is 0.182 e. The number of aromatic amines is 1. The predicted octanol–water partition coefficient (Wildman–Crippen LogP) is 5.39. The van der Waals surface area contributed by atoms with E-state index in [1.54, 1.807) is 16.7 Å². The Labute approximate surface area is 138 Å². The molecule has 2 aromatic carbocycles. The molecule has 0 unspecified atom stereocenters. The first-order chi connectivity index (χ1) is 9.49. The van der Waals surface area contributed by atoms with E-state index < -0.39 is 0 Å². The summed E-state index contributed by atoms with van der Waals surface area (Å²) in [4.78, 5) is 3.10. The minimum Gasteiger partial charge on any atom is -0.330 e. The lowest BCUT2D eigenvalue weighted by molar-refractivity contribution is 0.622. The number of H-pyrrole nitrogens is 1. The van der Waals surface area contributed by atoms with E-state index in [4.69, 9.17) is 23.8 Å². The van der Waals surface area contributed by atoms with Gasteiger partial charge in [0.1, 0.15) is 5.82 Å². The average molecular weight is 419 g/mol. The third-order valence-electron chi connectivity index (χ3n) is 3.14. The minimum atomic E-state index is -0.273. The summed E-state index contributed by atoms with van der Waals surface area (Å²) in [5, 5.41) is 0.584. The molecule has 0 bridgehead atoms. The standard InChI is InChI=1S/C14H9ClFIN2S/c1-7-3-2-4-8(15)13(7)19-12-5-9(16)10(17)6-11(12)18-14(19)20/h2-6H,1H3,(H,18,20). The van der Waals surface area contributed by atoms with Gasteiger partial charge in [-0.1, -0.05) is 23.7 Å². The zero-order valence-corrected chi connectivity index (χ0v) is 14.1. The topological polar surface area (TPSA) is 20.7 Å². The van der Waals surface area contributed by atoms with Crippen LogP contribution in [-0.2, 0) is 0 Å². The van der Waals surface area contributed by atoms with Crippen LogP contribution in [0.2, 0.25) is 5.02 Å². The van der Waals surface area contributed by atoms with Gasteiger partial charge in [0, 0.05) is 6.07 Å². The summed E-state index contributed by atoms with van der Waals surface area (Å²) >= 11 is 13.6. The molecule has 0 amide bonds. The number of nitrogens with zero attached hydrogens (tertiary/aromatic N) is 1. The molecule has 2 nitrogen and oxygen atoms in total. The van der Waals surface area contributed by atoms with Gasteiger partial charge in [-0.3, -0.25) is 4.57 Å². The molecule has 0 spiro atoms. The third kappa shape index (κ3) is 2.17. The maximum atomic E-state index is 13.9. The summed E-state index contributed by atoms with van der Waals surface area (Å²) in [5.74, 6) is -0.273. The number of para-hydroxylation sites is 1. The van der Waals surface area contributed by atoms with Crippen molar-refractivity contribution in [3.8, 4) is 5.69 Å². The molecular weight excluding hydrogens is 410 g/mol. The van der Waals surface area contributed by atoms with Crippen LogP contribution in [-0.4, -0.2) is 9.55 Å². The minimum absolute atomic E-state index is 0.273. The summed E-state index contributed by atoms with van der Waals surface area (Å²) in [5.41, 5.74) is 3.24. The zero-order chi connectivity index (χ0) is 14.4. The summed E-state index contributed by atoms with van der Waals surface area (Å²) in [7, 11) is 0. The van der Waals surface area contributed by atoms with E-state index in [-0.39, 0.29) is 5.82 Å². The van der Waals surface area contributed by atoms with Crippen molar-refractivity contribution in [3.63, 3.8) is 0 Å². The molecule has 1 aromatic heterocycles. The van der Waals surface area contributed by atoms with Crippen molar-refractivity contribution in [1.82, 2.24) is 9.55 Å². The number of hydrogen-bond donors (Lipinski definition) is 1. The molecule has 102 valence electrons. The van der Waals surface area contributed by atoms with Crippen LogP contribution in [0.25, 0.3) is 16.7 Å². The molecule has 3 rings (SSSR count). The van der Waals surface area contributed by atoms with E-state index >= 15 is 0 Å². The molecule has 0 fully saturated rings. The zero-order valence-electron chi connectivity index (χ0n) is 10.4. The second kappa shape index (κ2) is 5.13. The molecule has 0 aliphatic rings. The van der Waals surface area contributed by atoms with Gasteiger partial charge in [-0.25, -0.2) is 4.39 Å². The number of aryl methyl sites for hydroxylation is 1. The van der Waals surface area contributed by atoms with Crippen LogP contribution < -0.4 is 0 Å². The van der Waals surface area contributed by atoms with Crippen molar-refractivity contribution in [2.24, 2.45) is 0 Å². The SMILES string of the molecule is Cc1cccc(Cl)c1-n1c(=S)[nH]c2cc(I)c(F)cc21. The van der Waals surface area contributed by atoms with E-state index in [2.05, 4.69) is 4.98 Å². The summed E-state index contributed by atoms with van der Waals surface area (Å²) in [6.45, 7) is 1.95. The number of hydrogen-bond acceptors (Lipinski definition) is 1. The van der Waals surface area contributed by atoms with Crippen molar-refractivity contribution in [3.05, 3.63) is 55.1 Å². The third-order valence-corrected chi connectivity index (χ3v) is 4.55. The van der Waals surface area contributed by atoms with E-state index in [0.29, 0.717) is 18.9 Å². The first-order valence-corrected chi connectivity index (χ1v) is 7.71. The first kappa shape index (κ1) is 14.0. The predicted molar refractivity (Wildman–Crippen MR) is 90.9 cm³/mol. The molecule has 0 saturated carbocycles. The van der Waals surface area contributed by atoms with E-state index in [1.807, 2.05) is 41.6 Å². The van der Waals surface area contributed by atoms with E-state index in [1.165, 1.54) is 6.07 Å². The number of benzene rings is 2. The van der Waals surface area contributed by atoms with Crippen molar-refractivity contribution >= 4 is 57.4 Å². The molecule has 1 heterocycles. The van der Waals surface area contributed by atoms with Gasteiger partial charge in [-0.2, -0.15) is 0 Å². The number of halogens is 3. The Hall–Kier alpha value is -0.920. The Bertz CT molecular complexity index is 864. The van der Waals surface area contributed by atoms with Gasteiger partial charge in [-0.15, -0.1) is 0 Å². The number of aromatic nitrogens is 2. The molecule has 3 aromatic rings. The molecule has 0 aliphatic carbocycles. The van der Waals surface area contributed by atoms with Gasteiger partial charge in [0.2, 0.25) is 0 Å². The van der Waals surface area contributed by atoms with Gasteiger partial charge in [0.15, 0.2) is 4.77 Å². The molecule has 6 heteroatoms. The van der Waals surface area contributed by atoms with Crippen LogP contribution in [0.15, 0.2) is 30.3 Å². The molecule has 0 atom stereocenters. The van der Waals surface area contributed by atoms with Gasteiger partial charge in [0.25, 0.3) is 0 Å². The second-order valence-electron chi connectivity index (χ2n) is 4.45. The lowest BCUT2D eigenvalue weighted by Crippen LogP contribution is -1.98. The van der Waals surface area contributed by atoms with Crippen molar-refractivity contribution in [1.29, 1.82) is 0 Å². The highest BCUT2D eigenvalue weighted by Gasteiger charge is 2.14.